The van der Waals surface area contributed by atoms with Crippen molar-refractivity contribution in [3.63, 3.8) is 0 Å². The average molecular weight is 315 g/mol. The molecule has 0 unspecified atom stereocenters. The number of nitriles is 2. The van der Waals surface area contributed by atoms with Crippen LogP contribution in [0.2, 0.25) is 0 Å². The number of nitrogens with zero attached hydrogens (tertiary/aromatic N) is 4. The van der Waals surface area contributed by atoms with Crippen LogP contribution in [0.4, 0.5) is 0 Å². The van der Waals surface area contributed by atoms with E-state index in [1.807, 2.05) is 0 Å². The van der Waals surface area contributed by atoms with Crippen molar-refractivity contribution < 1.29 is 8.42 Å². The van der Waals surface area contributed by atoms with Crippen molar-refractivity contribution in [1.29, 1.82) is 10.5 Å². The van der Waals surface area contributed by atoms with E-state index in [2.05, 4.69) is 20.9 Å². The second-order valence-corrected chi connectivity index (χ2v) is 5.78. The van der Waals surface area contributed by atoms with Gasteiger partial charge in [0.1, 0.15) is 18.0 Å². The molecule has 0 N–H and O–H groups in total. The van der Waals surface area contributed by atoms with Crippen LogP contribution in [0.1, 0.15) is 0 Å². The van der Waals surface area contributed by atoms with Crippen molar-refractivity contribution in [3.8, 4) is 12.1 Å². The number of pyridine rings is 1. The van der Waals surface area contributed by atoms with E-state index >= 15 is 0 Å². The summed E-state index contributed by atoms with van der Waals surface area (Å²) in [6.07, 6.45) is 2.61. The summed E-state index contributed by atoms with van der Waals surface area (Å²) >= 11 is 3.11. The Labute approximate surface area is 107 Å². The Hall–Kier alpha value is -1.48. The maximum atomic E-state index is 12.0. The molecule has 0 spiro atoms. The van der Waals surface area contributed by atoms with Gasteiger partial charge in [-0.15, -0.1) is 0 Å². The monoisotopic (exact) mass is 314 g/mol. The largest absolute Gasteiger partial charge is 0.262 e. The van der Waals surface area contributed by atoms with Crippen LogP contribution in [0.15, 0.2) is 27.8 Å². The molecule has 1 aromatic heterocycles. The molecule has 17 heavy (non-hydrogen) atoms. The fourth-order valence-corrected chi connectivity index (χ4v) is 2.81. The van der Waals surface area contributed by atoms with Gasteiger partial charge in [0.25, 0.3) is 0 Å². The van der Waals surface area contributed by atoms with E-state index < -0.39 is 10.0 Å². The third-order valence-corrected chi connectivity index (χ3v) is 4.00. The first-order valence-corrected chi connectivity index (χ1v) is 6.60. The van der Waals surface area contributed by atoms with E-state index in [-0.39, 0.29) is 18.0 Å². The van der Waals surface area contributed by atoms with E-state index in [1.54, 1.807) is 12.1 Å². The number of hydrogen-bond acceptors (Lipinski definition) is 5. The normalized spacial score (nSPS) is 10.8. The highest BCUT2D eigenvalue weighted by Crippen LogP contribution is 2.18. The number of hydrogen-bond donors (Lipinski definition) is 0. The van der Waals surface area contributed by atoms with Crippen molar-refractivity contribution in [2.45, 2.75) is 4.90 Å². The van der Waals surface area contributed by atoms with Gasteiger partial charge in [0.15, 0.2) is 0 Å². The minimum atomic E-state index is -3.85. The lowest BCUT2D eigenvalue weighted by Gasteiger charge is -2.15. The SMILES string of the molecule is N#CCN(CC#N)S(=O)(=O)c1cncc(Br)c1. The fraction of sp³-hybridized carbons (Fsp3) is 0.222. The zero-order valence-electron chi connectivity index (χ0n) is 8.54. The topological polar surface area (TPSA) is 97.9 Å². The fourth-order valence-electron chi connectivity index (χ4n) is 1.07. The highest BCUT2D eigenvalue weighted by atomic mass is 79.9. The standard InChI is InChI=1S/C9H7BrN4O2S/c10-8-5-9(7-13-6-8)17(15,16)14(3-1-11)4-2-12/h5-7H,3-4H2. The Kier molecular flexibility index (Phi) is 4.58. The van der Waals surface area contributed by atoms with Crippen molar-refractivity contribution in [2.75, 3.05) is 13.1 Å². The highest BCUT2D eigenvalue weighted by Gasteiger charge is 2.24. The minimum Gasteiger partial charge on any atom is -0.262 e. The highest BCUT2D eigenvalue weighted by molar-refractivity contribution is 9.10. The van der Waals surface area contributed by atoms with Gasteiger partial charge in [-0.3, -0.25) is 4.98 Å². The molecule has 0 aliphatic rings. The molecule has 0 saturated heterocycles. The molecule has 0 saturated carbocycles. The molecule has 0 aliphatic heterocycles. The van der Waals surface area contributed by atoms with Crippen LogP contribution in [-0.2, 0) is 10.0 Å². The smallest absolute Gasteiger partial charge is 0.246 e. The summed E-state index contributed by atoms with van der Waals surface area (Å²) < 4.78 is 25.3. The third-order valence-electron chi connectivity index (χ3n) is 1.81. The molecular formula is C9H7BrN4O2S. The molecule has 88 valence electrons. The van der Waals surface area contributed by atoms with Crippen LogP contribution in [-0.4, -0.2) is 30.8 Å². The van der Waals surface area contributed by atoms with Crippen molar-refractivity contribution in [1.82, 2.24) is 9.29 Å². The predicted molar refractivity (Wildman–Crippen MR) is 61.9 cm³/mol. The summed E-state index contributed by atoms with van der Waals surface area (Å²) in [6.45, 7) is -0.745. The van der Waals surface area contributed by atoms with Crippen LogP contribution >= 0.6 is 15.9 Å². The van der Waals surface area contributed by atoms with Crippen molar-refractivity contribution in [3.05, 3.63) is 22.9 Å². The number of halogens is 1. The second kappa shape index (κ2) is 5.73. The predicted octanol–water partition coefficient (Wildman–Crippen LogP) is 0.882. The van der Waals surface area contributed by atoms with Crippen molar-refractivity contribution in [2.24, 2.45) is 0 Å². The van der Waals surface area contributed by atoms with E-state index in [0.29, 0.717) is 4.47 Å². The van der Waals surface area contributed by atoms with Gasteiger partial charge in [0, 0.05) is 16.9 Å². The molecule has 1 heterocycles. The summed E-state index contributed by atoms with van der Waals surface area (Å²) in [5, 5.41) is 17.1. The van der Waals surface area contributed by atoms with Gasteiger partial charge in [-0.25, -0.2) is 8.42 Å². The van der Waals surface area contributed by atoms with Gasteiger partial charge in [-0.05, 0) is 22.0 Å². The Bertz CT molecular complexity index is 572. The lowest BCUT2D eigenvalue weighted by Crippen LogP contribution is -2.31. The Morgan fingerprint density at radius 3 is 2.35 bits per heavy atom. The molecule has 6 nitrogen and oxygen atoms in total. The number of aromatic nitrogens is 1. The molecule has 1 rings (SSSR count). The summed E-state index contributed by atoms with van der Waals surface area (Å²) in [7, 11) is -3.85. The molecule has 0 aromatic carbocycles. The summed E-state index contributed by atoms with van der Waals surface area (Å²) in [4.78, 5) is 3.68. The minimum absolute atomic E-state index is 0.0580. The maximum absolute atomic E-state index is 12.0. The Morgan fingerprint density at radius 1 is 1.29 bits per heavy atom. The van der Waals surface area contributed by atoms with Gasteiger partial charge in [-0.2, -0.15) is 14.8 Å². The molecule has 1 aromatic rings. The molecule has 0 atom stereocenters. The van der Waals surface area contributed by atoms with E-state index in [1.165, 1.54) is 18.5 Å². The summed E-state index contributed by atoms with van der Waals surface area (Å²) in [5.74, 6) is 0. The van der Waals surface area contributed by atoms with E-state index in [4.69, 9.17) is 10.5 Å². The first-order chi connectivity index (χ1) is 8.02. The zero-order valence-corrected chi connectivity index (χ0v) is 10.9. The van der Waals surface area contributed by atoms with Gasteiger partial charge in [-0.1, -0.05) is 0 Å². The maximum Gasteiger partial charge on any atom is 0.246 e. The molecule has 8 heteroatoms. The Morgan fingerprint density at radius 2 is 1.88 bits per heavy atom. The number of sulfonamides is 1. The van der Waals surface area contributed by atoms with Crippen LogP contribution in [0.5, 0.6) is 0 Å². The van der Waals surface area contributed by atoms with Gasteiger partial charge >= 0.3 is 0 Å². The average Bonchev–Trinajstić information content (AvgIpc) is 2.29. The van der Waals surface area contributed by atoms with Gasteiger partial charge in [0.2, 0.25) is 10.0 Å². The molecule has 0 aliphatic carbocycles. The third kappa shape index (κ3) is 3.24. The van der Waals surface area contributed by atoms with Gasteiger partial charge in [0.05, 0.1) is 12.1 Å². The summed E-state index contributed by atoms with van der Waals surface area (Å²) in [5.41, 5.74) is 0. The van der Waals surface area contributed by atoms with E-state index in [9.17, 15) is 8.42 Å². The molecule has 0 radical (unpaired) electrons. The van der Waals surface area contributed by atoms with Gasteiger partial charge < -0.3 is 0 Å². The van der Waals surface area contributed by atoms with Crippen LogP contribution in [0, 0.1) is 22.7 Å². The first-order valence-electron chi connectivity index (χ1n) is 4.37. The molecule has 0 fully saturated rings. The first kappa shape index (κ1) is 13.6. The van der Waals surface area contributed by atoms with Crippen LogP contribution < -0.4 is 0 Å². The molecule has 0 bridgehead atoms. The quantitative estimate of drug-likeness (QED) is 0.768. The lowest BCUT2D eigenvalue weighted by atomic mass is 10.5. The second-order valence-electron chi connectivity index (χ2n) is 2.93. The summed E-state index contributed by atoms with van der Waals surface area (Å²) in [6, 6.07) is 4.78. The van der Waals surface area contributed by atoms with E-state index in [0.717, 1.165) is 4.31 Å². The lowest BCUT2D eigenvalue weighted by molar-refractivity contribution is 0.479. The Balaban J connectivity index is 3.18. The van der Waals surface area contributed by atoms with Crippen molar-refractivity contribution >= 4 is 26.0 Å². The zero-order chi connectivity index (χ0) is 12.9. The van der Waals surface area contributed by atoms with Crippen LogP contribution in [0.25, 0.3) is 0 Å². The molecule has 0 amide bonds. The number of rotatable bonds is 4. The molecular weight excluding hydrogens is 308 g/mol. The van der Waals surface area contributed by atoms with Crippen LogP contribution in [0.3, 0.4) is 0 Å².